The van der Waals surface area contributed by atoms with Crippen molar-refractivity contribution in [1.29, 1.82) is 0 Å². The highest BCUT2D eigenvalue weighted by molar-refractivity contribution is 6.31. The summed E-state index contributed by atoms with van der Waals surface area (Å²) in [6, 6.07) is 7.20. The molecule has 0 saturated carbocycles. The van der Waals surface area contributed by atoms with Gasteiger partial charge in [0.1, 0.15) is 11.5 Å². The lowest BCUT2D eigenvalue weighted by molar-refractivity contribution is -0.133. The summed E-state index contributed by atoms with van der Waals surface area (Å²) in [6.45, 7) is 7.01. The maximum atomic E-state index is 12.4. The number of halogens is 1. The minimum Gasteiger partial charge on any atom is -0.494 e. The lowest BCUT2D eigenvalue weighted by Gasteiger charge is -2.34. The largest absolute Gasteiger partial charge is 0.494 e. The molecule has 30 heavy (non-hydrogen) atoms. The minimum absolute atomic E-state index is 0.119. The molecular weight excluding hydrogens is 408 g/mol. The summed E-state index contributed by atoms with van der Waals surface area (Å²) in [7, 11) is 0. The number of benzene rings is 1. The second-order valence-corrected chi connectivity index (χ2v) is 7.80. The number of aryl methyl sites for hydroxylation is 2. The summed E-state index contributed by atoms with van der Waals surface area (Å²) in [4.78, 5) is 28.4. The van der Waals surface area contributed by atoms with Crippen LogP contribution in [0.3, 0.4) is 0 Å². The van der Waals surface area contributed by atoms with Crippen LogP contribution in [0.15, 0.2) is 28.8 Å². The van der Waals surface area contributed by atoms with Crippen LogP contribution in [0.25, 0.3) is 0 Å². The molecule has 0 unspecified atom stereocenters. The van der Waals surface area contributed by atoms with Gasteiger partial charge in [0.15, 0.2) is 5.82 Å². The maximum Gasteiger partial charge on any atom is 0.239 e. The van der Waals surface area contributed by atoms with Gasteiger partial charge in [-0.15, -0.1) is 0 Å². The Balaban J connectivity index is 1.31. The molecule has 2 aromatic rings. The third kappa shape index (κ3) is 6.47. The van der Waals surface area contributed by atoms with E-state index < -0.39 is 0 Å². The standard InChI is InChI=1S/C21H27ClN4O4/c1-15-12-17(5-6-18(15)22)29-11-3-4-21(28)26-9-7-25(8-10-26)14-20(27)23-19-13-16(2)30-24-19/h5-6,12-13H,3-4,7-11,14H2,1-2H3,(H,23,24,27). The fraction of sp³-hybridized carbons (Fsp3) is 0.476. The van der Waals surface area contributed by atoms with Gasteiger partial charge < -0.3 is 19.5 Å². The number of anilines is 1. The van der Waals surface area contributed by atoms with E-state index in [1.807, 2.05) is 34.9 Å². The van der Waals surface area contributed by atoms with Gasteiger partial charge in [0.25, 0.3) is 0 Å². The summed E-state index contributed by atoms with van der Waals surface area (Å²) in [5.74, 6) is 1.80. The Kier molecular flexibility index (Phi) is 7.70. The van der Waals surface area contributed by atoms with E-state index in [1.54, 1.807) is 13.0 Å². The van der Waals surface area contributed by atoms with Gasteiger partial charge in [-0.25, -0.2) is 0 Å². The molecular formula is C21H27ClN4O4. The number of hydrogen-bond donors (Lipinski definition) is 1. The summed E-state index contributed by atoms with van der Waals surface area (Å²) in [6.07, 6.45) is 1.10. The van der Waals surface area contributed by atoms with Crippen molar-refractivity contribution < 1.29 is 18.8 Å². The average Bonchev–Trinajstić information content (AvgIpc) is 3.12. The fourth-order valence-electron chi connectivity index (χ4n) is 3.24. The van der Waals surface area contributed by atoms with Crippen molar-refractivity contribution in [1.82, 2.24) is 15.0 Å². The third-order valence-corrected chi connectivity index (χ3v) is 5.34. The Morgan fingerprint density at radius 3 is 2.63 bits per heavy atom. The second-order valence-electron chi connectivity index (χ2n) is 7.39. The highest BCUT2D eigenvalue weighted by Gasteiger charge is 2.22. The zero-order chi connectivity index (χ0) is 21.5. The maximum absolute atomic E-state index is 12.4. The van der Waals surface area contributed by atoms with E-state index in [-0.39, 0.29) is 18.4 Å². The van der Waals surface area contributed by atoms with Crippen LogP contribution in [0.1, 0.15) is 24.2 Å². The average molecular weight is 435 g/mol. The van der Waals surface area contributed by atoms with Gasteiger partial charge in [-0.05, 0) is 44.0 Å². The molecule has 1 saturated heterocycles. The number of rotatable bonds is 8. The Hall–Kier alpha value is -2.58. The second kappa shape index (κ2) is 10.4. The zero-order valence-corrected chi connectivity index (χ0v) is 18.1. The number of ether oxygens (including phenoxy) is 1. The molecule has 1 fully saturated rings. The van der Waals surface area contributed by atoms with Crippen molar-refractivity contribution in [2.45, 2.75) is 26.7 Å². The van der Waals surface area contributed by atoms with E-state index >= 15 is 0 Å². The van der Waals surface area contributed by atoms with E-state index in [2.05, 4.69) is 10.5 Å². The van der Waals surface area contributed by atoms with Crippen molar-refractivity contribution >= 4 is 29.2 Å². The summed E-state index contributed by atoms with van der Waals surface area (Å²) >= 11 is 6.01. The van der Waals surface area contributed by atoms with E-state index in [4.69, 9.17) is 20.9 Å². The van der Waals surface area contributed by atoms with Gasteiger partial charge in [0, 0.05) is 43.7 Å². The van der Waals surface area contributed by atoms with Crippen LogP contribution in [-0.4, -0.2) is 66.1 Å². The molecule has 1 aromatic carbocycles. The predicted octanol–water partition coefficient (Wildman–Crippen LogP) is 2.89. The van der Waals surface area contributed by atoms with Crippen molar-refractivity contribution in [3.05, 3.63) is 40.6 Å². The van der Waals surface area contributed by atoms with E-state index in [0.717, 1.165) is 11.3 Å². The molecule has 1 aliphatic rings. The fourth-order valence-corrected chi connectivity index (χ4v) is 3.36. The molecule has 0 bridgehead atoms. The van der Waals surface area contributed by atoms with Crippen LogP contribution in [0.2, 0.25) is 5.02 Å². The van der Waals surface area contributed by atoms with Crippen molar-refractivity contribution in [3.63, 3.8) is 0 Å². The van der Waals surface area contributed by atoms with Crippen LogP contribution in [0.4, 0.5) is 5.82 Å². The van der Waals surface area contributed by atoms with Crippen LogP contribution in [-0.2, 0) is 9.59 Å². The molecule has 3 rings (SSSR count). The zero-order valence-electron chi connectivity index (χ0n) is 17.3. The first kappa shape index (κ1) is 22.1. The van der Waals surface area contributed by atoms with Crippen molar-refractivity contribution in [2.75, 3.05) is 44.6 Å². The Morgan fingerprint density at radius 1 is 1.20 bits per heavy atom. The number of amides is 2. The lowest BCUT2D eigenvalue weighted by atomic mass is 10.2. The normalized spacial score (nSPS) is 14.6. The summed E-state index contributed by atoms with van der Waals surface area (Å²) in [5, 5.41) is 7.17. The Labute approximate surface area is 181 Å². The monoisotopic (exact) mass is 434 g/mol. The molecule has 1 aliphatic heterocycles. The predicted molar refractivity (Wildman–Crippen MR) is 114 cm³/mol. The van der Waals surface area contributed by atoms with E-state index in [9.17, 15) is 9.59 Å². The molecule has 0 aliphatic carbocycles. The molecule has 1 N–H and O–H groups in total. The van der Waals surface area contributed by atoms with Gasteiger partial charge in [-0.2, -0.15) is 0 Å². The number of hydrogen-bond acceptors (Lipinski definition) is 6. The number of carbonyl (C=O) groups is 2. The Morgan fingerprint density at radius 2 is 1.97 bits per heavy atom. The molecule has 0 spiro atoms. The van der Waals surface area contributed by atoms with Gasteiger partial charge in [-0.3, -0.25) is 14.5 Å². The van der Waals surface area contributed by atoms with Crippen LogP contribution < -0.4 is 10.1 Å². The van der Waals surface area contributed by atoms with E-state index in [1.165, 1.54) is 0 Å². The molecule has 0 atom stereocenters. The summed E-state index contributed by atoms with van der Waals surface area (Å²) in [5.41, 5.74) is 0.966. The van der Waals surface area contributed by atoms with E-state index in [0.29, 0.717) is 62.2 Å². The van der Waals surface area contributed by atoms with Crippen molar-refractivity contribution in [2.24, 2.45) is 0 Å². The molecule has 1 aromatic heterocycles. The molecule has 2 heterocycles. The third-order valence-electron chi connectivity index (χ3n) is 4.92. The SMILES string of the molecule is Cc1cc(NC(=O)CN2CCN(C(=O)CCCOc3ccc(Cl)c(C)c3)CC2)no1. The van der Waals surface area contributed by atoms with Gasteiger partial charge in [0.2, 0.25) is 11.8 Å². The molecule has 2 amide bonds. The number of carbonyl (C=O) groups excluding carboxylic acids is 2. The number of nitrogens with zero attached hydrogens (tertiary/aromatic N) is 3. The Bertz CT molecular complexity index is 878. The summed E-state index contributed by atoms with van der Waals surface area (Å²) < 4.78 is 10.6. The number of piperazine rings is 1. The van der Waals surface area contributed by atoms with Crippen LogP contribution >= 0.6 is 11.6 Å². The molecule has 8 nitrogen and oxygen atoms in total. The number of nitrogens with one attached hydrogen (secondary N) is 1. The van der Waals surface area contributed by atoms with Crippen LogP contribution in [0.5, 0.6) is 5.75 Å². The first-order chi connectivity index (χ1) is 14.4. The molecule has 0 radical (unpaired) electrons. The quantitative estimate of drug-likeness (QED) is 0.643. The van der Waals surface area contributed by atoms with Crippen molar-refractivity contribution in [3.8, 4) is 5.75 Å². The van der Waals surface area contributed by atoms with Gasteiger partial charge in [-0.1, -0.05) is 16.8 Å². The first-order valence-electron chi connectivity index (χ1n) is 10.0. The minimum atomic E-state index is -0.141. The van der Waals surface area contributed by atoms with Crippen LogP contribution in [0, 0.1) is 13.8 Å². The van der Waals surface area contributed by atoms with Gasteiger partial charge >= 0.3 is 0 Å². The lowest BCUT2D eigenvalue weighted by Crippen LogP contribution is -2.50. The van der Waals surface area contributed by atoms with Gasteiger partial charge in [0.05, 0.1) is 13.2 Å². The highest BCUT2D eigenvalue weighted by Crippen LogP contribution is 2.21. The number of aromatic nitrogens is 1. The molecule has 162 valence electrons. The smallest absolute Gasteiger partial charge is 0.239 e. The first-order valence-corrected chi connectivity index (χ1v) is 10.4. The topological polar surface area (TPSA) is 87.9 Å². The molecule has 9 heteroatoms. The highest BCUT2D eigenvalue weighted by atomic mass is 35.5.